The number of aliphatic hydroxyl groups is 1. The fourth-order valence-electron chi connectivity index (χ4n) is 3.05. The molecule has 92 valence electrons. The number of hydrogen-bond donors (Lipinski definition) is 2. The molecule has 2 fully saturated rings. The molecule has 16 heavy (non-hydrogen) atoms. The minimum absolute atomic E-state index is 0.0694. The van der Waals surface area contributed by atoms with Crippen LogP contribution >= 0.6 is 0 Å². The summed E-state index contributed by atoms with van der Waals surface area (Å²) < 4.78 is 0. The standard InChI is InChI=1S/C12H22N2O2/c1-2-5-14(6-7-15)12(16)10-8-9-3-4-11(10)13-9/h9-11,13,15H,2-8H2,1H3. The van der Waals surface area contributed by atoms with E-state index in [1.165, 1.54) is 6.42 Å². The average Bonchev–Trinajstić information content (AvgIpc) is 2.89. The first-order valence-corrected chi connectivity index (χ1v) is 6.42. The predicted molar refractivity (Wildman–Crippen MR) is 62.0 cm³/mol. The van der Waals surface area contributed by atoms with Crippen LogP contribution in [0.3, 0.4) is 0 Å². The lowest BCUT2D eigenvalue weighted by Crippen LogP contribution is -2.42. The van der Waals surface area contributed by atoms with Crippen molar-refractivity contribution in [2.24, 2.45) is 5.92 Å². The number of carbonyl (C=O) groups is 1. The maximum absolute atomic E-state index is 12.3. The Kier molecular flexibility index (Phi) is 3.82. The van der Waals surface area contributed by atoms with Gasteiger partial charge in [0.1, 0.15) is 0 Å². The lowest BCUT2D eigenvalue weighted by molar-refractivity contribution is -0.136. The van der Waals surface area contributed by atoms with Gasteiger partial charge in [-0.3, -0.25) is 4.79 Å². The van der Waals surface area contributed by atoms with Crippen molar-refractivity contribution in [3.8, 4) is 0 Å². The summed E-state index contributed by atoms with van der Waals surface area (Å²) in [4.78, 5) is 14.1. The second-order valence-electron chi connectivity index (χ2n) is 4.94. The summed E-state index contributed by atoms with van der Waals surface area (Å²) in [6, 6.07) is 0.965. The first-order chi connectivity index (χ1) is 7.76. The molecule has 0 saturated carbocycles. The second-order valence-corrected chi connectivity index (χ2v) is 4.94. The molecule has 2 saturated heterocycles. The molecule has 0 spiro atoms. The molecule has 3 unspecified atom stereocenters. The van der Waals surface area contributed by atoms with Crippen LogP contribution in [0.25, 0.3) is 0 Å². The molecule has 2 bridgehead atoms. The highest BCUT2D eigenvalue weighted by Crippen LogP contribution is 2.34. The summed E-state index contributed by atoms with van der Waals surface area (Å²) in [7, 11) is 0. The van der Waals surface area contributed by atoms with Crippen LogP contribution in [-0.4, -0.2) is 47.7 Å². The molecule has 0 aromatic carbocycles. The van der Waals surface area contributed by atoms with Crippen molar-refractivity contribution < 1.29 is 9.90 Å². The number of nitrogens with zero attached hydrogens (tertiary/aromatic N) is 1. The summed E-state index contributed by atoms with van der Waals surface area (Å²) in [5.41, 5.74) is 0. The molecule has 3 atom stereocenters. The van der Waals surface area contributed by atoms with Gasteiger partial charge in [-0.2, -0.15) is 0 Å². The predicted octanol–water partition coefficient (Wildman–Crippen LogP) is 0.358. The lowest BCUT2D eigenvalue weighted by atomic mass is 9.88. The van der Waals surface area contributed by atoms with E-state index in [1.807, 2.05) is 4.90 Å². The van der Waals surface area contributed by atoms with Gasteiger partial charge in [-0.05, 0) is 25.7 Å². The zero-order valence-electron chi connectivity index (χ0n) is 9.98. The Morgan fingerprint density at radius 2 is 2.25 bits per heavy atom. The third-order valence-electron chi connectivity index (χ3n) is 3.79. The maximum atomic E-state index is 12.3. The number of amides is 1. The van der Waals surface area contributed by atoms with Crippen LogP contribution in [0.1, 0.15) is 32.6 Å². The smallest absolute Gasteiger partial charge is 0.227 e. The summed E-state index contributed by atoms with van der Waals surface area (Å²) in [6.07, 6.45) is 4.32. The fraction of sp³-hybridized carbons (Fsp3) is 0.917. The van der Waals surface area contributed by atoms with Crippen LogP contribution in [0.4, 0.5) is 0 Å². The number of carbonyl (C=O) groups excluding carboxylic acids is 1. The van der Waals surface area contributed by atoms with Crippen LogP contribution in [0.15, 0.2) is 0 Å². The Hall–Kier alpha value is -0.610. The number of rotatable bonds is 5. The zero-order chi connectivity index (χ0) is 11.5. The van der Waals surface area contributed by atoms with E-state index in [0.717, 1.165) is 25.8 Å². The third kappa shape index (κ3) is 2.23. The van der Waals surface area contributed by atoms with Crippen molar-refractivity contribution in [2.75, 3.05) is 19.7 Å². The Morgan fingerprint density at radius 3 is 2.75 bits per heavy atom. The molecule has 2 rings (SSSR count). The molecule has 4 nitrogen and oxygen atoms in total. The van der Waals surface area contributed by atoms with E-state index in [-0.39, 0.29) is 18.4 Å². The van der Waals surface area contributed by atoms with E-state index in [2.05, 4.69) is 12.2 Å². The van der Waals surface area contributed by atoms with Crippen LogP contribution in [0.2, 0.25) is 0 Å². The molecule has 0 aliphatic carbocycles. The van der Waals surface area contributed by atoms with Crippen LogP contribution < -0.4 is 5.32 Å². The Morgan fingerprint density at radius 1 is 1.44 bits per heavy atom. The summed E-state index contributed by atoms with van der Waals surface area (Å²) in [6.45, 7) is 3.39. The van der Waals surface area contributed by atoms with Gasteiger partial charge in [0, 0.05) is 25.2 Å². The SMILES string of the molecule is CCCN(CCO)C(=O)C1CC2CCC1N2. The second kappa shape index (κ2) is 5.15. The highest BCUT2D eigenvalue weighted by Gasteiger charge is 2.43. The highest BCUT2D eigenvalue weighted by atomic mass is 16.3. The molecular weight excluding hydrogens is 204 g/mol. The van der Waals surface area contributed by atoms with Gasteiger partial charge < -0.3 is 15.3 Å². The Bertz CT molecular complexity index is 251. The number of hydrogen-bond acceptors (Lipinski definition) is 3. The first kappa shape index (κ1) is 11.9. The molecule has 4 heteroatoms. The molecule has 0 aromatic rings. The summed E-state index contributed by atoms with van der Waals surface area (Å²) in [5, 5.41) is 12.5. The van der Waals surface area contributed by atoms with Gasteiger partial charge in [0.05, 0.1) is 12.5 Å². The van der Waals surface area contributed by atoms with E-state index in [1.54, 1.807) is 0 Å². The van der Waals surface area contributed by atoms with Crippen LogP contribution in [0.5, 0.6) is 0 Å². The molecule has 0 aromatic heterocycles. The summed E-state index contributed by atoms with van der Waals surface area (Å²) in [5.74, 6) is 0.410. The van der Waals surface area contributed by atoms with Gasteiger partial charge >= 0.3 is 0 Å². The van der Waals surface area contributed by atoms with E-state index in [9.17, 15) is 4.79 Å². The van der Waals surface area contributed by atoms with Crippen LogP contribution in [0, 0.1) is 5.92 Å². The molecule has 2 heterocycles. The van der Waals surface area contributed by atoms with Crippen molar-refractivity contribution in [3.05, 3.63) is 0 Å². The fourth-order valence-corrected chi connectivity index (χ4v) is 3.05. The van der Waals surface area contributed by atoms with Gasteiger partial charge in [0.25, 0.3) is 0 Å². The average molecular weight is 226 g/mol. The van der Waals surface area contributed by atoms with Gasteiger partial charge in [-0.1, -0.05) is 6.92 Å². The van der Waals surface area contributed by atoms with Gasteiger partial charge in [-0.25, -0.2) is 0 Å². The highest BCUT2D eigenvalue weighted by molar-refractivity contribution is 5.80. The van der Waals surface area contributed by atoms with Crippen molar-refractivity contribution in [1.82, 2.24) is 10.2 Å². The molecule has 2 N–H and O–H groups in total. The van der Waals surface area contributed by atoms with Gasteiger partial charge in [0.15, 0.2) is 0 Å². The Labute approximate surface area is 97.0 Å². The van der Waals surface area contributed by atoms with E-state index in [4.69, 9.17) is 5.11 Å². The molecule has 2 aliphatic heterocycles. The minimum atomic E-state index is 0.0694. The third-order valence-corrected chi connectivity index (χ3v) is 3.79. The lowest BCUT2D eigenvalue weighted by Gasteiger charge is -2.28. The van der Waals surface area contributed by atoms with E-state index in [0.29, 0.717) is 18.6 Å². The van der Waals surface area contributed by atoms with Crippen molar-refractivity contribution in [3.63, 3.8) is 0 Å². The largest absolute Gasteiger partial charge is 0.395 e. The zero-order valence-corrected chi connectivity index (χ0v) is 9.98. The monoisotopic (exact) mass is 226 g/mol. The quantitative estimate of drug-likeness (QED) is 0.711. The van der Waals surface area contributed by atoms with E-state index >= 15 is 0 Å². The maximum Gasteiger partial charge on any atom is 0.227 e. The molecule has 1 amide bonds. The molecule has 0 radical (unpaired) electrons. The Balaban J connectivity index is 1.94. The van der Waals surface area contributed by atoms with Gasteiger partial charge in [0.2, 0.25) is 5.91 Å². The topological polar surface area (TPSA) is 52.6 Å². The minimum Gasteiger partial charge on any atom is -0.395 e. The number of nitrogens with one attached hydrogen (secondary N) is 1. The molecule has 2 aliphatic rings. The molecular formula is C12H22N2O2. The summed E-state index contributed by atoms with van der Waals surface area (Å²) >= 11 is 0. The first-order valence-electron chi connectivity index (χ1n) is 6.42. The van der Waals surface area contributed by atoms with Crippen molar-refractivity contribution in [1.29, 1.82) is 0 Å². The normalized spacial score (nSPS) is 32.0. The number of fused-ring (bicyclic) bond motifs is 2. The van der Waals surface area contributed by atoms with E-state index < -0.39 is 0 Å². The van der Waals surface area contributed by atoms with Crippen LogP contribution in [-0.2, 0) is 4.79 Å². The van der Waals surface area contributed by atoms with Crippen molar-refractivity contribution >= 4 is 5.91 Å². The van der Waals surface area contributed by atoms with Crippen molar-refractivity contribution in [2.45, 2.75) is 44.7 Å². The van der Waals surface area contributed by atoms with Gasteiger partial charge in [-0.15, -0.1) is 0 Å². The number of aliphatic hydroxyl groups excluding tert-OH is 1.